The number of aromatic nitrogens is 1. The molecule has 10 heavy (non-hydrogen) atoms. The fraction of sp³-hybridized carbons (Fsp3) is 0.375. The third-order valence-electron chi connectivity index (χ3n) is 1.41. The van der Waals surface area contributed by atoms with E-state index in [-0.39, 0.29) is 0 Å². The van der Waals surface area contributed by atoms with Crippen LogP contribution < -0.4 is 0 Å². The van der Waals surface area contributed by atoms with Crippen LogP contribution in [-0.4, -0.2) is 10.1 Å². The van der Waals surface area contributed by atoms with Crippen LogP contribution in [0.15, 0.2) is 18.5 Å². The zero-order chi connectivity index (χ0) is 7.40. The fourth-order valence-corrected chi connectivity index (χ4v) is 0.896. The average Bonchev–Trinajstić information content (AvgIpc) is 1.94. The minimum atomic E-state index is 0.310. The minimum Gasteiger partial charge on any atom is -0.506 e. The first-order chi connectivity index (χ1) is 4.84. The van der Waals surface area contributed by atoms with Crippen LogP contribution in [0.2, 0.25) is 0 Å². The van der Waals surface area contributed by atoms with E-state index in [1.54, 1.807) is 6.20 Å². The summed E-state index contributed by atoms with van der Waals surface area (Å²) >= 11 is 0. The van der Waals surface area contributed by atoms with Gasteiger partial charge in [-0.2, -0.15) is 0 Å². The van der Waals surface area contributed by atoms with Gasteiger partial charge in [-0.1, -0.05) is 13.3 Å². The lowest BCUT2D eigenvalue weighted by atomic mass is 10.1. The van der Waals surface area contributed by atoms with Gasteiger partial charge in [0, 0.05) is 6.20 Å². The molecule has 1 aromatic rings. The van der Waals surface area contributed by atoms with Gasteiger partial charge in [0.2, 0.25) is 0 Å². The van der Waals surface area contributed by atoms with Gasteiger partial charge >= 0.3 is 0 Å². The summed E-state index contributed by atoms with van der Waals surface area (Å²) in [7, 11) is 0. The smallest absolute Gasteiger partial charge is 0.137 e. The van der Waals surface area contributed by atoms with E-state index < -0.39 is 0 Å². The number of aryl methyl sites for hydroxylation is 1. The van der Waals surface area contributed by atoms with Gasteiger partial charge in [0.15, 0.2) is 0 Å². The molecule has 0 spiro atoms. The molecule has 1 rings (SSSR count). The van der Waals surface area contributed by atoms with Crippen LogP contribution in [0, 0.1) is 0 Å². The first-order valence-corrected chi connectivity index (χ1v) is 3.46. The lowest BCUT2D eigenvalue weighted by molar-refractivity contribution is 0.465. The standard InChI is InChI=1S/C8H11NO/c1-2-3-7-4-5-9-6-8(7)10/h4-6,10H,2-3H2,1H3. The molecule has 0 amide bonds. The zero-order valence-corrected chi connectivity index (χ0v) is 6.04. The summed E-state index contributed by atoms with van der Waals surface area (Å²) in [4.78, 5) is 3.78. The van der Waals surface area contributed by atoms with E-state index in [0.29, 0.717) is 5.75 Å². The lowest BCUT2D eigenvalue weighted by Gasteiger charge is -1.98. The molecule has 0 aliphatic rings. The van der Waals surface area contributed by atoms with Crippen molar-refractivity contribution in [3.05, 3.63) is 24.0 Å². The van der Waals surface area contributed by atoms with Crippen molar-refractivity contribution in [3.63, 3.8) is 0 Å². The van der Waals surface area contributed by atoms with E-state index in [4.69, 9.17) is 0 Å². The van der Waals surface area contributed by atoms with Crippen LogP contribution in [0.5, 0.6) is 5.75 Å². The van der Waals surface area contributed by atoms with Crippen LogP contribution in [-0.2, 0) is 6.42 Å². The van der Waals surface area contributed by atoms with Crippen molar-refractivity contribution in [2.45, 2.75) is 19.8 Å². The van der Waals surface area contributed by atoms with Crippen molar-refractivity contribution in [2.24, 2.45) is 0 Å². The molecule has 0 bridgehead atoms. The molecule has 2 heteroatoms. The molecule has 0 aliphatic carbocycles. The van der Waals surface area contributed by atoms with E-state index in [1.807, 2.05) is 6.07 Å². The summed E-state index contributed by atoms with van der Waals surface area (Å²) in [5, 5.41) is 9.18. The molecular formula is C8H11NO. The van der Waals surface area contributed by atoms with Crippen molar-refractivity contribution >= 4 is 0 Å². The van der Waals surface area contributed by atoms with Crippen molar-refractivity contribution in [1.29, 1.82) is 0 Å². The minimum absolute atomic E-state index is 0.310. The van der Waals surface area contributed by atoms with Gasteiger partial charge in [0.1, 0.15) is 5.75 Å². The molecule has 0 unspecified atom stereocenters. The Morgan fingerprint density at radius 3 is 3.00 bits per heavy atom. The normalized spacial score (nSPS) is 9.70. The lowest BCUT2D eigenvalue weighted by Crippen LogP contribution is -1.83. The molecule has 0 aromatic carbocycles. The first-order valence-electron chi connectivity index (χ1n) is 3.46. The summed E-state index contributed by atoms with van der Waals surface area (Å²) in [6.07, 6.45) is 5.15. The molecule has 1 heterocycles. The molecular weight excluding hydrogens is 126 g/mol. The van der Waals surface area contributed by atoms with Crippen molar-refractivity contribution in [3.8, 4) is 5.75 Å². The number of nitrogens with zero attached hydrogens (tertiary/aromatic N) is 1. The van der Waals surface area contributed by atoms with Crippen molar-refractivity contribution in [2.75, 3.05) is 0 Å². The van der Waals surface area contributed by atoms with Gasteiger partial charge in [0.05, 0.1) is 6.20 Å². The average molecular weight is 137 g/mol. The van der Waals surface area contributed by atoms with Crippen LogP contribution >= 0.6 is 0 Å². The summed E-state index contributed by atoms with van der Waals surface area (Å²) < 4.78 is 0. The van der Waals surface area contributed by atoms with E-state index in [9.17, 15) is 5.11 Å². The molecule has 0 radical (unpaired) electrons. The monoisotopic (exact) mass is 137 g/mol. The quantitative estimate of drug-likeness (QED) is 0.673. The number of rotatable bonds is 2. The number of pyridine rings is 1. The Balaban J connectivity index is 2.81. The fourth-order valence-electron chi connectivity index (χ4n) is 0.896. The Hall–Kier alpha value is -1.05. The molecule has 1 N–H and O–H groups in total. The summed E-state index contributed by atoms with van der Waals surface area (Å²) in [5.74, 6) is 0.310. The van der Waals surface area contributed by atoms with Crippen LogP contribution in [0.4, 0.5) is 0 Å². The third kappa shape index (κ3) is 1.47. The Morgan fingerprint density at radius 1 is 1.60 bits per heavy atom. The predicted molar refractivity (Wildman–Crippen MR) is 39.9 cm³/mol. The Kier molecular flexibility index (Phi) is 2.26. The Labute approximate surface area is 60.5 Å². The molecule has 0 saturated heterocycles. The van der Waals surface area contributed by atoms with E-state index >= 15 is 0 Å². The summed E-state index contributed by atoms with van der Waals surface area (Å²) in [6.45, 7) is 2.08. The van der Waals surface area contributed by atoms with Crippen LogP contribution in [0.1, 0.15) is 18.9 Å². The number of hydrogen-bond acceptors (Lipinski definition) is 2. The topological polar surface area (TPSA) is 33.1 Å². The van der Waals surface area contributed by atoms with Gasteiger partial charge in [0.25, 0.3) is 0 Å². The third-order valence-corrected chi connectivity index (χ3v) is 1.41. The molecule has 0 fully saturated rings. The molecule has 54 valence electrons. The number of hydrogen-bond donors (Lipinski definition) is 1. The van der Waals surface area contributed by atoms with Crippen LogP contribution in [0.3, 0.4) is 0 Å². The molecule has 0 atom stereocenters. The van der Waals surface area contributed by atoms with Crippen molar-refractivity contribution in [1.82, 2.24) is 4.98 Å². The first kappa shape index (κ1) is 7.06. The largest absolute Gasteiger partial charge is 0.506 e. The van der Waals surface area contributed by atoms with Crippen molar-refractivity contribution < 1.29 is 5.11 Å². The molecule has 1 aromatic heterocycles. The molecule has 0 saturated carbocycles. The Bertz CT molecular complexity index is 210. The van der Waals surface area contributed by atoms with Crippen LogP contribution in [0.25, 0.3) is 0 Å². The summed E-state index contributed by atoms with van der Waals surface area (Å²) in [5.41, 5.74) is 0.984. The van der Waals surface area contributed by atoms with Gasteiger partial charge < -0.3 is 5.11 Å². The van der Waals surface area contributed by atoms with Gasteiger partial charge in [-0.25, -0.2) is 0 Å². The maximum Gasteiger partial charge on any atom is 0.137 e. The molecule has 0 aliphatic heterocycles. The second kappa shape index (κ2) is 3.20. The predicted octanol–water partition coefficient (Wildman–Crippen LogP) is 1.74. The van der Waals surface area contributed by atoms with Gasteiger partial charge in [-0.15, -0.1) is 0 Å². The van der Waals surface area contributed by atoms with E-state index in [2.05, 4.69) is 11.9 Å². The SMILES string of the molecule is CCCc1ccncc1O. The molecule has 2 nitrogen and oxygen atoms in total. The maximum atomic E-state index is 9.18. The zero-order valence-electron chi connectivity index (χ0n) is 6.04. The maximum absolute atomic E-state index is 9.18. The highest BCUT2D eigenvalue weighted by molar-refractivity contribution is 5.27. The Morgan fingerprint density at radius 2 is 2.40 bits per heavy atom. The second-order valence-corrected chi connectivity index (χ2v) is 2.25. The highest BCUT2D eigenvalue weighted by Gasteiger charge is 1.96. The van der Waals surface area contributed by atoms with Gasteiger partial charge in [-0.05, 0) is 18.1 Å². The summed E-state index contributed by atoms with van der Waals surface area (Å²) in [6, 6.07) is 1.85. The highest BCUT2D eigenvalue weighted by atomic mass is 16.3. The van der Waals surface area contributed by atoms with E-state index in [0.717, 1.165) is 18.4 Å². The second-order valence-electron chi connectivity index (χ2n) is 2.25. The highest BCUT2D eigenvalue weighted by Crippen LogP contribution is 2.14. The van der Waals surface area contributed by atoms with E-state index in [1.165, 1.54) is 6.20 Å². The number of aromatic hydroxyl groups is 1. The van der Waals surface area contributed by atoms with Gasteiger partial charge in [-0.3, -0.25) is 4.98 Å².